The minimum absolute atomic E-state index is 0.151. The smallest absolute Gasteiger partial charge is 0.416 e. The number of carbonyl (C=O) groups excluding carboxylic acids is 1. The molecule has 8 heteroatoms. The van der Waals surface area contributed by atoms with Crippen LogP contribution in [0.5, 0.6) is 11.5 Å². The van der Waals surface area contributed by atoms with Crippen molar-refractivity contribution in [1.82, 2.24) is 5.43 Å². The minimum Gasteiger partial charge on any atom is -0.504 e. The maximum atomic E-state index is 12.6. The first kappa shape index (κ1) is 18.3. The van der Waals surface area contributed by atoms with Gasteiger partial charge in [-0.3, -0.25) is 4.79 Å². The molecule has 25 heavy (non-hydrogen) atoms. The van der Waals surface area contributed by atoms with Gasteiger partial charge in [-0.25, -0.2) is 5.43 Å². The standard InChI is InChI=1S/C17H15F3N2O3/c1-2-25-14-8-4-6-12(15(14)23)10-21-22-16(24)11-5-3-7-13(9-11)17(18,19)20/h3-10,23H,2H2,1H3,(H,22,24)/b21-10-. The quantitative estimate of drug-likeness (QED) is 0.638. The van der Waals surface area contributed by atoms with Crippen LogP contribution in [0.3, 0.4) is 0 Å². The first-order chi connectivity index (χ1) is 11.8. The molecule has 0 radical (unpaired) electrons. The van der Waals surface area contributed by atoms with Crippen LogP contribution in [-0.4, -0.2) is 23.8 Å². The van der Waals surface area contributed by atoms with E-state index in [-0.39, 0.29) is 22.6 Å². The summed E-state index contributed by atoms with van der Waals surface area (Å²) in [6.07, 6.45) is -3.37. The van der Waals surface area contributed by atoms with Gasteiger partial charge in [-0.1, -0.05) is 12.1 Å². The number of phenolic OH excluding ortho intramolecular Hbond substituents is 1. The molecule has 2 aromatic rings. The number of phenols is 1. The number of alkyl halides is 3. The lowest BCUT2D eigenvalue weighted by atomic mass is 10.1. The van der Waals surface area contributed by atoms with Gasteiger partial charge >= 0.3 is 6.18 Å². The maximum absolute atomic E-state index is 12.6. The number of amides is 1. The molecular weight excluding hydrogens is 337 g/mol. The largest absolute Gasteiger partial charge is 0.504 e. The SMILES string of the molecule is CCOc1cccc(/C=N\NC(=O)c2cccc(C(F)(F)F)c2)c1O. The number of ether oxygens (including phenoxy) is 1. The molecule has 0 saturated heterocycles. The fourth-order valence-corrected chi connectivity index (χ4v) is 1.98. The number of rotatable bonds is 5. The highest BCUT2D eigenvalue weighted by Gasteiger charge is 2.30. The molecule has 2 N–H and O–H groups in total. The van der Waals surface area contributed by atoms with Crippen molar-refractivity contribution >= 4 is 12.1 Å². The number of nitrogens with one attached hydrogen (secondary N) is 1. The summed E-state index contributed by atoms with van der Waals surface area (Å²) in [7, 11) is 0. The van der Waals surface area contributed by atoms with Crippen molar-refractivity contribution in [2.24, 2.45) is 5.10 Å². The Morgan fingerprint density at radius 3 is 2.68 bits per heavy atom. The van der Waals surface area contributed by atoms with E-state index in [1.54, 1.807) is 19.1 Å². The number of carbonyl (C=O) groups is 1. The first-order valence-electron chi connectivity index (χ1n) is 7.28. The van der Waals surface area contributed by atoms with Crippen LogP contribution in [-0.2, 0) is 6.18 Å². The molecule has 132 valence electrons. The van der Waals surface area contributed by atoms with Gasteiger partial charge in [0, 0.05) is 11.1 Å². The van der Waals surface area contributed by atoms with Crippen LogP contribution >= 0.6 is 0 Å². The summed E-state index contributed by atoms with van der Waals surface area (Å²) in [5, 5.41) is 13.6. The summed E-state index contributed by atoms with van der Waals surface area (Å²) < 4.78 is 43.2. The molecule has 0 saturated carbocycles. The summed E-state index contributed by atoms with van der Waals surface area (Å²) >= 11 is 0. The van der Waals surface area contributed by atoms with Crippen LogP contribution in [0, 0.1) is 0 Å². The Bertz CT molecular complexity index is 789. The van der Waals surface area contributed by atoms with Crippen LogP contribution < -0.4 is 10.2 Å². The van der Waals surface area contributed by atoms with Crippen LogP contribution in [0.15, 0.2) is 47.6 Å². The summed E-state index contributed by atoms with van der Waals surface area (Å²) in [6, 6.07) is 8.72. The van der Waals surface area contributed by atoms with Gasteiger partial charge < -0.3 is 9.84 Å². The number of hydrogen-bond acceptors (Lipinski definition) is 4. The molecule has 2 aromatic carbocycles. The third-order valence-electron chi connectivity index (χ3n) is 3.15. The Kier molecular flexibility index (Phi) is 5.63. The highest BCUT2D eigenvalue weighted by molar-refractivity contribution is 5.95. The highest BCUT2D eigenvalue weighted by atomic mass is 19.4. The van der Waals surface area contributed by atoms with E-state index in [9.17, 15) is 23.1 Å². The second-order valence-corrected chi connectivity index (χ2v) is 4.90. The maximum Gasteiger partial charge on any atom is 0.416 e. The van der Waals surface area contributed by atoms with Crippen molar-refractivity contribution in [3.8, 4) is 11.5 Å². The predicted octanol–water partition coefficient (Wildman–Crippen LogP) is 3.57. The zero-order valence-corrected chi connectivity index (χ0v) is 13.2. The second-order valence-electron chi connectivity index (χ2n) is 4.90. The summed E-state index contributed by atoms with van der Waals surface area (Å²) in [5.74, 6) is -0.695. The number of halogens is 3. The first-order valence-corrected chi connectivity index (χ1v) is 7.28. The molecule has 0 aliphatic rings. The number of hydrazone groups is 1. The van der Waals surface area contributed by atoms with Crippen LogP contribution in [0.2, 0.25) is 0 Å². The van der Waals surface area contributed by atoms with Gasteiger partial charge in [0.2, 0.25) is 0 Å². The predicted molar refractivity (Wildman–Crippen MR) is 85.8 cm³/mol. The van der Waals surface area contributed by atoms with E-state index in [4.69, 9.17) is 4.74 Å². The van der Waals surface area contributed by atoms with Crippen LogP contribution in [0.1, 0.15) is 28.4 Å². The van der Waals surface area contributed by atoms with Crippen molar-refractivity contribution in [2.75, 3.05) is 6.61 Å². The van der Waals surface area contributed by atoms with Crippen molar-refractivity contribution < 1.29 is 27.8 Å². The Hall–Kier alpha value is -3.03. The van der Waals surface area contributed by atoms with E-state index in [0.717, 1.165) is 18.2 Å². The van der Waals surface area contributed by atoms with Gasteiger partial charge in [0.25, 0.3) is 5.91 Å². The number of aromatic hydroxyl groups is 1. The lowest BCUT2D eigenvalue weighted by Gasteiger charge is -2.08. The molecule has 5 nitrogen and oxygen atoms in total. The summed E-state index contributed by atoms with van der Waals surface area (Å²) in [6.45, 7) is 2.12. The highest BCUT2D eigenvalue weighted by Crippen LogP contribution is 2.30. The van der Waals surface area contributed by atoms with E-state index in [1.165, 1.54) is 18.3 Å². The molecule has 0 fully saturated rings. The molecule has 0 aromatic heterocycles. The average Bonchev–Trinajstić information content (AvgIpc) is 2.57. The lowest BCUT2D eigenvalue weighted by Crippen LogP contribution is -2.18. The third kappa shape index (κ3) is 4.72. The molecule has 0 bridgehead atoms. The number of benzene rings is 2. The van der Waals surface area contributed by atoms with Crippen LogP contribution in [0.4, 0.5) is 13.2 Å². The lowest BCUT2D eigenvalue weighted by molar-refractivity contribution is -0.137. The summed E-state index contributed by atoms with van der Waals surface area (Å²) in [5.41, 5.74) is 1.30. The van der Waals surface area contributed by atoms with Crippen molar-refractivity contribution in [3.63, 3.8) is 0 Å². The van der Waals surface area contributed by atoms with Crippen molar-refractivity contribution in [1.29, 1.82) is 0 Å². The van der Waals surface area contributed by atoms with Crippen molar-refractivity contribution in [2.45, 2.75) is 13.1 Å². The van der Waals surface area contributed by atoms with Gasteiger partial charge in [-0.2, -0.15) is 18.3 Å². The van der Waals surface area contributed by atoms with Gasteiger partial charge in [-0.05, 0) is 37.3 Å². The fraction of sp³-hybridized carbons (Fsp3) is 0.176. The van der Waals surface area contributed by atoms with E-state index in [1.807, 2.05) is 0 Å². The Morgan fingerprint density at radius 1 is 1.28 bits per heavy atom. The average molecular weight is 352 g/mol. The number of hydrogen-bond donors (Lipinski definition) is 2. The Morgan fingerprint density at radius 2 is 2.00 bits per heavy atom. The van der Waals surface area contributed by atoms with Gasteiger partial charge in [0.1, 0.15) is 0 Å². The topological polar surface area (TPSA) is 70.9 Å². The number of nitrogens with zero attached hydrogens (tertiary/aromatic N) is 1. The molecule has 0 unspecified atom stereocenters. The third-order valence-corrected chi connectivity index (χ3v) is 3.15. The monoisotopic (exact) mass is 352 g/mol. The Labute approximate surface area is 141 Å². The normalized spacial score (nSPS) is 11.5. The number of para-hydroxylation sites is 1. The van der Waals surface area contributed by atoms with E-state index in [2.05, 4.69) is 10.5 Å². The van der Waals surface area contributed by atoms with Gasteiger partial charge in [0.15, 0.2) is 11.5 Å². The fourth-order valence-electron chi connectivity index (χ4n) is 1.98. The van der Waals surface area contributed by atoms with Crippen molar-refractivity contribution in [3.05, 3.63) is 59.2 Å². The van der Waals surface area contributed by atoms with E-state index >= 15 is 0 Å². The summed E-state index contributed by atoms with van der Waals surface area (Å²) in [4.78, 5) is 11.9. The zero-order valence-electron chi connectivity index (χ0n) is 13.2. The second kappa shape index (κ2) is 7.69. The molecule has 0 atom stereocenters. The van der Waals surface area contributed by atoms with E-state index < -0.39 is 17.6 Å². The molecule has 1 amide bonds. The van der Waals surface area contributed by atoms with Gasteiger partial charge in [-0.15, -0.1) is 0 Å². The Balaban J connectivity index is 2.10. The van der Waals surface area contributed by atoms with Crippen LogP contribution in [0.25, 0.3) is 0 Å². The molecule has 0 aliphatic carbocycles. The minimum atomic E-state index is -4.54. The molecule has 0 aliphatic heterocycles. The van der Waals surface area contributed by atoms with E-state index in [0.29, 0.717) is 6.61 Å². The zero-order chi connectivity index (χ0) is 18.4. The molecule has 2 rings (SSSR count). The van der Waals surface area contributed by atoms with Gasteiger partial charge in [0.05, 0.1) is 18.4 Å². The molecule has 0 spiro atoms. The molecule has 0 heterocycles. The molecular formula is C17H15F3N2O3.